The van der Waals surface area contributed by atoms with Gasteiger partial charge in [-0.15, -0.1) is 0 Å². The van der Waals surface area contributed by atoms with Gasteiger partial charge in [0.1, 0.15) is 0 Å². The lowest BCUT2D eigenvalue weighted by Gasteiger charge is -2.19. The molecule has 0 aromatic heterocycles. The van der Waals surface area contributed by atoms with Crippen LogP contribution < -0.4 is 0 Å². The summed E-state index contributed by atoms with van der Waals surface area (Å²) < 4.78 is 0. The van der Waals surface area contributed by atoms with Crippen LogP contribution in [0.2, 0.25) is 0 Å². The Balaban J connectivity index is 2.91. The van der Waals surface area contributed by atoms with Crippen molar-refractivity contribution in [3.8, 4) is 0 Å². The van der Waals surface area contributed by atoms with E-state index in [0.717, 1.165) is 11.1 Å². The van der Waals surface area contributed by atoms with Gasteiger partial charge in [0.05, 0.1) is 11.3 Å². The Bertz CT molecular complexity index is 416. The molecule has 3 nitrogen and oxygen atoms in total. The Morgan fingerprint density at radius 1 is 1.35 bits per heavy atom. The molecule has 0 saturated carbocycles. The number of hydrogen-bond donors (Lipinski definition) is 2. The first-order valence-corrected chi connectivity index (χ1v) is 5.63. The van der Waals surface area contributed by atoms with Gasteiger partial charge in [-0.3, -0.25) is 0 Å². The van der Waals surface area contributed by atoms with Gasteiger partial charge in [-0.25, -0.2) is 0 Å². The quantitative estimate of drug-likeness (QED) is 0.363. The molecule has 0 aliphatic rings. The predicted octanol–water partition coefficient (Wildman–Crippen LogP) is 2.89. The summed E-state index contributed by atoms with van der Waals surface area (Å²) in [6, 6.07) is 7.67. The molecule has 0 aliphatic heterocycles. The van der Waals surface area contributed by atoms with E-state index in [-0.39, 0.29) is 6.42 Å². The zero-order chi connectivity index (χ0) is 12.9. The van der Waals surface area contributed by atoms with E-state index in [1.54, 1.807) is 19.1 Å². The maximum Gasteiger partial charge on any atom is 0.0899 e. The van der Waals surface area contributed by atoms with Crippen LogP contribution in [0.3, 0.4) is 0 Å². The van der Waals surface area contributed by atoms with Crippen molar-refractivity contribution in [3.63, 3.8) is 0 Å². The highest BCUT2D eigenvalue weighted by Crippen LogP contribution is 2.17. The molecule has 0 amide bonds. The summed E-state index contributed by atoms with van der Waals surface area (Å²) in [5.41, 5.74) is 1.45. The molecule has 1 aromatic rings. The molecule has 0 fully saturated rings. The maximum absolute atomic E-state index is 10.1. The van der Waals surface area contributed by atoms with E-state index in [1.807, 2.05) is 38.1 Å². The van der Waals surface area contributed by atoms with Crippen molar-refractivity contribution in [2.75, 3.05) is 0 Å². The molecule has 1 rings (SSSR count). The van der Waals surface area contributed by atoms with E-state index in [2.05, 4.69) is 5.16 Å². The Hall–Kier alpha value is -1.61. The molecule has 0 spiro atoms. The van der Waals surface area contributed by atoms with Gasteiger partial charge in [-0.05, 0) is 26.3 Å². The van der Waals surface area contributed by atoms with E-state index < -0.39 is 5.60 Å². The van der Waals surface area contributed by atoms with Crippen LogP contribution in [-0.4, -0.2) is 21.6 Å². The van der Waals surface area contributed by atoms with Crippen LogP contribution in [0.5, 0.6) is 0 Å². The highest BCUT2D eigenvalue weighted by Gasteiger charge is 2.20. The van der Waals surface area contributed by atoms with Crippen molar-refractivity contribution < 1.29 is 10.3 Å². The van der Waals surface area contributed by atoms with Crippen LogP contribution in [0.1, 0.15) is 31.4 Å². The molecular formula is C14H19NO2. The highest BCUT2D eigenvalue weighted by molar-refractivity contribution is 6.00. The Morgan fingerprint density at radius 3 is 2.41 bits per heavy atom. The summed E-state index contributed by atoms with van der Waals surface area (Å²) in [6.45, 7) is 5.53. The summed E-state index contributed by atoms with van der Waals surface area (Å²) in [7, 11) is 0. The second kappa shape index (κ2) is 5.64. The minimum Gasteiger partial charge on any atom is -0.411 e. The predicted molar refractivity (Wildman–Crippen MR) is 69.6 cm³/mol. The lowest BCUT2D eigenvalue weighted by Crippen LogP contribution is -2.25. The lowest BCUT2D eigenvalue weighted by atomic mass is 9.94. The first-order valence-electron chi connectivity index (χ1n) is 5.63. The Morgan fingerprint density at radius 2 is 1.94 bits per heavy atom. The largest absolute Gasteiger partial charge is 0.411 e. The van der Waals surface area contributed by atoms with Gasteiger partial charge < -0.3 is 10.3 Å². The van der Waals surface area contributed by atoms with Gasteiger partial charge in [0.15, 0.2) is 0 Å². The van der Waals surface area contributed by atoms with Crippen LogP contribution in [0.15, 0.2) is 41.6 Å². The van der Waals surface area contributed by atoms with E-state index in [1.165, 1.54) is 0 Å². The standard InChI is InChI=1S/C14H19NO2/c1-4-9-14(3,16)10-13(15-17)12-7-5-11(2)6-8-12/h4-9,16-17H,10H2,1-3H3/b9-4+,15-13-. The molecule has 0 heterocycles. The zero-order valence-corrected chi connectivity index (χ0v) is 10.5. The molecule has 1 aromatic carbocycles. The molecule has 0 aliphatic carbocycles. The van der Waals surface area contributed by atoms with Gasteiger partial charge >= 0.3 is 0 Å². The van der Waals surface area contributed by atoms with Crippen LogP contribution in [0.4, 0.5) is 0 Å². The number of allylic oxidation sites excluding steroid dienone is 1. The average molecular weight is 233 g/mol. The van der Waals surface area contributed by atoms with Crippen molar-refractivity contribution in [3.05, 3.63) is 47.5 Å². The maximum atomic E-state index is 10.1. The van der Waals surface area contributed by atoms with Crippen LogP contribution in [0, 0.1) is 6.92 Å². The number of aliphatic hydroxyl groups is 1. The molecule has 0 saturated heterocycles. The van der Waals surface area contributed by atoms with Crippen LogP contribution in [-0.2, 0) is 0 Å². The molecule has 2 N–H and O–H groups in total. The second-order valence-electron chi connectivity index (χ2n) is 4.45. The van der Waals surface area contributed by atoms with Gasteiger partial charge in [0, 0.05) is 6.42 Å². The third-order valence-corrected chi connectivity index (χ3v) is 2.56. The van der Waals surface area contributed by atoms with Crippen molar-refractivity contribution in [1.82, 2.24) is 0 Å². The molecule has 0 radical (unpaired) electrons. The van der Waals surface area contributed by atoms with Crippen molar-refractivity contribution >= 4 is 5.71 Å². The number of oxime groups is 1. The third-order valence-electron chi connectivity index (χ3n) is 2.56. The molecule has 1 atom stereocenters. The average Bonchev–Trinajstić information content (AvgIpc) is 2.27. The van der Waals surface area contributed by atoms with Gasteiger partial charge in [0.25, 0.3) is 0 Å². The third kappa shape index (κ3) is 4.04. The minimum atomic E-state index is -0.999. The summed E-state index contributed by atoms with van der Waals surface area (Å²) in [5.74, 6) is 0. The lowest BCUT2D eigenvalue weighted by molar-refractivity contribution is 0.119. The molecule has 0 bridgehead atoms. The van der Waals surface area contributed by atoms with E-state index >= 15 is 0 Å². The monoisotopic (exact) mass is 233 g/mol. The molecular weight excluding hydrogens is 214 g/mol. The molecule has 3 heteroatoms. The van der Waals surface area contributed by atoms with E-state index in [0.29, 0.717) is 5.71 Å². The summed E-state index contributed by atoms with van der Waals surface area (Å²) in [6.07, 6.45) is 3.74. The van der Waals surface area contributed by atoms with Crippen molar-refractivity contribution in [2.45, 2.75) is 32.8 Å². The number of nitrogens with zero attached hydrogens (tertiary/aromatic N) is 1. The first kappa shape index (κ1) is 13.5. The van der Waals surface area contributed by atoms with E-state index in [9.17, 15) is 5.11 Å². The normalized spacial score (nSPS) is 16.1. The molecule has 1 unspecified atom stereocenters. The van der Waals surface area contributed by atoms with Gasteiger partial charge in [-0.1, -0.05) is 47.1 Å². The van der Waals surface area contributed by atoms with Crippen molar-refractivity contribution in [2.24, 2.45) is 5.16 Å². The number of benzene rings is 1. The van der Waals surface area contributed by atoms with Crippen LogP contribution in [0.25, 0.3) is 0 Å². The highest BCUT2D eigenvalue weighted by atomic mass is 16.4. The SMILES string of the molecule is C/C=C/C(C)(O)C/C(=N/O)c1ccc(C)cc1. The second-order valence-corrected chi connectivity index (χ2v) is 4.45. The fraction of sp³-hybridized carbons (Fsp3) is 0.357. The Labute approximate surface area is 102 Å². The molecule has 17 heavy (non-hydrogen) atoms. The minimum absolute atomic E-state index is 0.275. The van der Waals surface area contributed by atoms with E-state index in [4.69, 9.17) is 5.21 Å². The van der Waals surface area contributed by atoms with Crippen LogP contribution >= 0.6 is 0 Å². The summed E-state index contributed by atoms with van der Waals surface area (Å²) >= 11 is 0. The number of rotatable bonds is 4. The number of hydrogen-bond acceptors (Lipinski definition) is 3. The zero-order valence-electron chi connectivity index (χ0n) is 10.5. The summed E-state index contributed by atoms with van der Waals surface area (Å²) in [5, 5.41) is 22.4. The van der Waals surface area contributed by atoms with Gasteiger partial charge in [-0.2, -0.15) is 0 Å². The number of aryl methyl sites for hydroxylation is 1. The Kier molecular flexibility index (Phi) is 4.46. The fourth-order valence-corrected chi connectivity index (χ4v) is 1.70. The first-order chi connectivity index (χ1) is 7.98. The topological polar surface area (TPSA) is 52.8 Å². The smallest absolute Gasteiger partial charge is 0.0899 e. The summed E-state index contributed by atoms with van der Waals surface area (Å²) in [4.78, 5) is 0. The molecule has 92 valence electrons. The van der Waals surface area contributed by atoms with Crippen molar-refractivity contribution in [1.29, 1.82) is 0 Å². The van der Waals surface area contributed by atoms with Gasteiger partial charge in [0.2, 0.25) is 0 Å². The fourth-order valence-electron chi connectivity index (χ4n) is 1.70.